The molecule has 0 radical (unpaired) electrons. The lowest BCUT2D eigenvalue weighted by molar-refractivity contribution is 0.602. The summed E-state index contributed by atoms with van der Waals surface area (Å²) in [7, 11) is 0. The average molecular weight is 336 g/mol. The van der Waals surface area contributed by atoms with Crippen molar-refractivity contribution in [3.8, 4) is 0 Å². The third-order valence-electron chi connectivity index (χ3n) is 2.29. The van der Waals surface area contributed by atoms with Crippen molar-refractivity contribution in [2.24, 2.45) is 0 Å². The van der Waals surface area contributed by atoms with Crippen LogP contribution in [-0.2, 0) is 6.54 Å². The first-order valence-electron chi connectivity index (χ1n) is 5.59. The van der Waals surface area contributed by atoms with Gasteiger partial charge in [-0.3, -0.25) is 0 Å². The van der Waals surface area contributed by atoms with Crippen molar-refractivity contribution in [2.45, 2.75) is 19.9 Å². The van der Waals surface area contributed by atoms with Crippen LogP contribution in [0.1, 0.15) is 18.9 Å². The van der Waals surface area contributed by atoms with E-state index in [0.717, 1.165) is 41.7 Å². The van der Waals surface area contributed by atoms with Crippen LogP contribution in [0, 0.1) is 9.39 Å². The zero-order valence-corrected chi connectivity index (χ0v) is 11.7. The van der Waals surface area contributed by atoms with E-state index in [1.54, 1.807) is 6.07 Å². The van der Waals surface area contributed by atoms with Crippen molar-refractivity contribution < 1.29 is 4.39 Å². The molecule has 0 saturated heterocycles. The summed E-state index contributed by atoms with van der Waals surface area (Å²) < 4.78 is 13.8. The van der Waals surface area contributed by atoms with Crippen LogP contribution in [0.3, 0.4) is 0 Å². The Morgan fingerprint density at radius 2 is 2.00 bits per heavy atom. The molecule has 2 N–H and O–H groups in total. The van der Waals surface area contributed by atoms with Crippen molar-refractivity contribution >= 4 is 22.6 Å². The zero-order chi connectivity index (χ0) is 11.8. The topological polar surface area (TPSA) is 24.1 Å². The summed E-state index contributed by atoms with van der Waals surface area (Å²) in [6.07, 6.45) is 1.12. The molecule has 0 saturated carbocycles. The Morgan fingerprint density at radius 3 is 2.69 bits per heavy atom. The van der Waals surface area contributed by atoms with Crippen LogP contribution < -0.4 is 10.6 Å². The first kappa shape index (κ1) is 13.9. The lowest BCUT2D eigenvalue weighted by Gasteiger charge is -2.07. The van der Waals surface area contributed by atoms with Gasteiger partial charge in [0.05, 0.1) is 0 Å². The Kier molecular flexibility index (Phi) is 6.91. The van der Waals surface area contributed by atoms with Gasteiger partial charge in [0, 0.05) is 10.1 Å². The predicted octanol–water partition coefficient (Wildman–Crippen LogP) is 2.52. The van der Waals surface area contributed by atoms with Crippen LogP contribution in [0.2, 0.25) is 0 Å². The van der Waals surface area contributed by atoms with E-state index in [4.69, 9.17) is 0 Å². The fourth-order valence-electron chi connectivity index (χ4n) is 1.40. The molecular formula is C12H18FIN2. The van der Waals surface area contributed by atoms with Crippen molar-refractivity contribution in [1.82, 2.24) is 10.6 Å². The minimum atomic E-state index is -0.166. The fraction of sp³-hybridized carbons (Fsp3) is 0.500. The highest BCUT2D eigenvalue weighted by Gasteiger charge is 2.00. The summed E-state index contributed by atoms with van der Waals surface area (Å²) >= 11 is 2.17. The number of hydrogen-bond acceptors (Lipinski definition) is 2. The van der Waals surface area contributed by atoms with Gasteiger partial charge in [-0.2, -0.15) is 0 Å². The molecular weight excluding hydrogens is 318 g/mol. The smallest absolute Gasteiger partial charge is 0.124 e. The predicted molar refractivity (Wildman–Crippen MR) is 74.0 cm³/mol. The van der Waals surface area contributed by atoms with Gasteiger partial charge in [-0.25, -0.2) is 4.39 Å². The Bertz CT molecular complexity index is 318. The molecule has 0 aliphatic heterocycles. The number of rotatable bonds is 7. The maximum absolute atomic E-state index is 12.8. The first-order chi connectivity index (χ1) is 7.74. The molecule has 90 valence electrons. The van der Waals surface area contributed by atoms with Gasteiger partial charge in [0.1, 0.15) is 5.82 Å². The fourth-order valence-corrected chi connectivity index (χ4v) is 2.07. The van der Waals surface area contributed by atoms with Gasteiger partial charge in [0.25, 0.3) is 0 Å². The standard InChI is InChI=1S/C12H18FIN2/c1-2-15-6-3-7-16-9-10-4-5-11(13)8-12(10)14/h4-5,8,15-16H,2-3,6-7,9H2,1H3. The second-order valence-electron chi connectivity index (χ2n) is 3.62. The molecule has 0 spiro atoms. The molecule has 2 nitrogen and oxygen atoms in total. The lowest BCUT2D eigenvalue weighted by atomic mass is 10.2. The number of nitrogens with one attached hydrogen (secondary N) is 2. The molecule has 4 heteroatoms. The second-order valence-corrected chi connectivity index (χ2v) is 4.78. The number of benzene rings is 1. The third-order valence-corrected chi connectivity index (χ3v) is 3.29. The van der Waals surface area contributed by atoms with E-state index in [9.17, 15) is 4.39 Å². The van der Waals surface area contributed by atoms with Crippen LogP contribution in [-0.4, -0.2) is 19.6 Å². The van der Waals surface area contributed by atoms with Crippen molar-refractivity contribution in [1.29, 1.82) is 0 Å². The molecule has 0 amide bonds. The van der Waals surface area contributed by atoms with Crippen LogP contribution in [0.5, 0.6) is 0 Å². The highest BCUT2D eigenvalue weighted by molar-refractivity contribution is 14.1. The normalized spacial score (nSPS) is 10.7. The molecule has 0 atom stereocenters. The second kappa shape index (κ2) is 7.97. The number of hydrogen-bond donors (Lipinski definition) is 2. The van der Waals surface area contributed by atoms with Crippen molar-refractivity contribution in [3.05, 3.63) is 33.1 Å². The van der Waals surface area contributed by atoms with Crippen LogP contribution in [0.15, 0.2) is 18.2 Å². The van der Waals surface area contributed by atoms with Crippen LogP contribution >= 0.6 is 22.6 Å². The molecule has 1 aromatic rings. The van der Waals surface area contributed by atoms with Gasteiger partial charge in [-0.15, -0.1) is 0 Å². The zero-order valence-electron chi connectivity index (χ0n) is 9.52. The largest absolute Gasteiger partial charge is 0.317 e. The van der Waals surface area contributed by atoms with E-state index in [1.165, 1.54) is 6.07 Å². The van der Waals surface area contributed by atoms with E-state index < -0.39 is 0 Å². The molecule has 0 fully saturated rings. The maximum Gasteiger partial charge on any atom is 0.124 e. The minimum absolute atomic E-state index is 0.166. The lowest BCUT2D eigenvalue weighted by Crippen LogP contribution is -2.21. The van der Waals surface area contributed by atoms with Crippen LogP contribution in [0.4, 0.5) is 4.39 Å². The third kappa shape index (κ3) is 5.23. The molecule has 0 aliphatic rings. The molecule has 0 bridgehead atoms. The summed E-state index contributed by atoms with van der Waals surface area (Å²) in [5, 5.41) is 6.63. The first-order valence-corrected chi connectivity index (χ1v) is 6.67. The Labute approximate surface area is 110 Å². The van der Waals surface area contributed by atoms with E-state index in [2.05, 4.69) is 40.1 Å². The summed E-state index contributed by atoms with van der Waals surface area (Å²) in [5.74, 6) is -0.166. The van der Waals surface area contributed by atoms with E-state index in [1.807, 2.05) is 6.07 Å². The maximum atomic E-state index is 12.8. The van der Waals surface area contributed by atoms with E-state index in [0.29, 0.717) is 0 Å². The van der Waals surface area contributed by atoms with E-state index in [-0.39, 0.29) is 5.82 Å². The van der Waals surface area contributed by atoms with Crippen molar-refractivity contribution in [2.75, 3.05) is 19.6 Å². The summed E-state index contributed by atoms with van der Waals surface area (Å²) in [6, 6.07) is 4.92. The van der Waals surface area contributed by atoms with E-state index >= 15 is 0 Å². The molecule has 0 aromatic heterocycles. The minimum Gasteiger partial charge on any atom is -0.317 e. The van der Waals surface area contributed by atoms with Gasteiger partial charge in [-0.05, 0) is 66.3 Å². The molecule has 1 aromatic carbocycles. The van der Waals surface area contributed by atoms with Gasteiger partial charge in [0.15, 0.2) is 0 Å². The Balaban J connectivity index is 2.21. The average Bonchev–Trinajstić information content (AvgIpc) is 2.26. The highest BCUT2D eigenvalue weighted by Crippen LogP contribution is 2.13. The van der Waals surface area contributed by atoms with Gasteiger partial charge in [-0.1, -0.05) is 13.0 Å². The molecule has 0 heterocycles. The highest BCUT2D eigenvalue weighted by atomic mass is 127. The molecule has 1 rings (SSSR count). The monoisotopic (exact) mass is 336 g/mol. The molecule has 16 heavy (non-hydrogen) atoms. The molecule has 0 aliphatic carbocycles. The summed E-state index contributed by atoms with van der Waals surface area (Å²) in [5.41, 5.74) is 1.16. The Morgan fingerprint density at radius 1 is 1.25 bits per heavy atom. The quantitative estimate of drug-likeness (QED) is 0.591. The van der Waals surface area contributed by atoms with Gasteiger partial charge < -0.3 is 10.6 Å². The Hall–Kier alpha value is -0.200. The summed E-state index contributed by atoms with van der Waals surface area (Å²) in [4.78, 5) is 0. The van der Waals surface area contributed by atoms with Gasteiger partial charge >= 0.3 is 0 Å². The van der Waals surface area contributed by atoms with Crippen molar-refractivity contribution in [3.63, 3.8) is 0 Å². The number of halogens is 2. The molecule has 0 unspecified atom stereocenters. The summed E-state index contributed by atoms with van der Waals surface area (Å²) in [6.45, 7) is 5.97. The SMILES string of the molecule is CCNCCCNCc1ccc(F)cc1I. The van der Waals surface area contributed by atoms with Gasteiger partial charge in [0.2, 0.25) is 0 Å². The van der Waals surface area contributed by atoms with Crippen LogP contribution in [0.25, 0.3) is 0 Å².